The first-order chi connectivity index (χ1) is 16.1. The quantitative estimate of drug-likeness (QED) is 0.201. The summed E-state index contributed by atoms with van der Waals surface area (Å²) in [6.07, 6.45) is 6.08. The third-order valence-electron chi connectivity index (χ3n) is 5.91. The van der Waals surface area contributed by atoms with Gasteiger partial charge in [-0.1, -0.05) is 55.4 Å². The fraction of sp³-hybridized carbons (Fsp3) is 0.846. The zero-order valence-corrected chi connectivity index (χ0v) is 26.0. The molecule has 0 bridgehead atoms. The summed E-state index contributed by atoms with van der Waals surface area (Å²) in [6, 6.07) is 0. The van der Waals surface area contributed by atoms with E-state index in [4.69, 9.17) is 5.63 Å². The Labute approximate surface area is 225 Å². The zero-order chi connectivity index (χ0) is 28.2. The average Bonchev–Trinajstić information content (AvgIpc) is 2.82. The molecule has 35 heavy (non-hydrogen) atoms. The van der Waals surface area contributed by atoms with Gasteiger partial charge in [0.1, 0.15) is 11.6 Å². The van der Waals surface area contributed by atoms with Crippen LogP contribution >= 0.6 is 0 Å². The zero-order valence-electron chi connectivity index (χ0n) is 23.6. The standard InChI is InChI=1S/2C9H16O3.2C4H9O.Zr/c2*1-5-9(3,4)7(10)6(2)8(11)12;2*1-2-3-4-5;/h2*6H,5H2,1-4H3,(H,11,12);2*2-4H2,1H3;/q;;2*-1;+4/p-2. The number of carboxylic acids is 2. The van der Waals surface area contributed by atoms with E-state index >= 15 is 0 Å². The van der Waals surface area contributed by atoms with Gasteiger partial charge in [-0.25, -0.2) is 0 Å². The number of unbranched alkanes of at least 4 members (excludes halogenated alkanes) is 2. The normalized spacial score (nSPS) is 12.6. The number of Topliss-reactive ketones (excluding diaryl/α,β-unsaturated/α-hetero) is 2. The van der Waals surface area contributed by atoms with Crippen molar-refractivity contribution in [1.29, 1.82) is 0 Å². The van der Waals surface area contributed by atoms with Gasteiger partial charge >= 0.3 is 82.5 Å². The van der Waals surface area contributed by atoms with E-state index in [1.807, 2.05) is 13.8 Å². The summed E-state index contributed by atoms with van der Waals surface area (Å²) in [5, 5.41) is 20.7. The van der Waals surface area contributed by atoms with Crippen LogP contribution in [-0.4, -0.2) is 36.7 Å². The van der Waals surface area contributed by atoms with Gasteiger partial charge in [-0.15, -0.1) is 0 Å². The molecule has 204 valence electrons. The average molecular weight is 580 g/mol. The summed E-state index contributed by atoms with van der Waals surface area (Å²) >= 11 is -0.876. The Kier molecular flexibility index (Phi) is 23.4. The van der Waals surface area contributed by atoms with Crippen LogP contribution < -0.4 is 10.2 Å². The first kappa shape index (κ1) is 38.6. The van der Waals surface area contributed by atoms with E-state index < -0.39 is 58.7 Å². The third-order valence-corrected chi connectivity index (χ3v) is 7.50. The monoisotopic (exact) mass is 578 g/mol. The maximum atomic E-state index is 11.4. The molecule has 0 aromatic rings. The molecule has 0 aliphatic heterocycles. The second-order valence-corrected chi connectivity index (χ2v) is 11.6. The van der Waals surface area contributed by atoms with Crippen molar-refractivity contribution in [3.05, 3.63) is 0 Å². The molecule has 0 rings (SSSR count). The van der Waals surface area contributed by atoms with Crippen LogP contribution in [0.1, 0.15) is 108 Å². The van der Waals surface area contributed by atoms with Crippen molar-refractivity contribution < 1.29 is 59.1 Å². The van der Waals surface area contributed by atoms with Crippen LogP contribution in [0, 0.1) is 22.7 Å². The molecule has 8 nitrogen and oxygen atoms in total. The van der Waals surface area contributed by atoms with Crippen LogP contribution in [0.2, 0.25) is 0 Å². The Hall–Kier alpha value is -0.917. The van der Waals surface area contributed by atoms with E-state index in [0.717, 1.165) is 13.2 Å². The van der Waals surface area contributed by atoms with E-state index in [1.54, 1.807) is 27.7 Å². The first-order valence-corrected chi connectivity index (χ1v) is 14.6. The molecular weight excluding hydrogens is 532 g/mol. The van der Waals surface area contributed by atoms with Crippen LogP contribution in [0.15, 0.2) is 0 Å². The second-order valence-electron chi connectivity index (χ2n) is 9.77. The number of rotatable bonds is 16. The van der Waals surface area contributed by atoms with E-state index in [1.165, 1.54) is 39.5 Å². The minimum absolute atomic E-state index is 0.259. The molecule has 0 saturated heterocycles. The number of hydrogen-bond acceptors (Lipinski definition) is 8. The maximum absolute atomic E-state index is 11.4. The van der Waals surface area contributed by atoms with Gasteiger partial charge in [0.15, 0.2) is 0 Å². The fourth-order valence-corrected chi connectivity index (χ4v) is 3.62. The number of ketones is 2. The molecule has 2 unspecified atom stereocenters. The van der Waals surface area contributed by atoms with Gasteiger partial charge < -0.3 is 19.8 Å². The van der Waals surface area contributed by atoms with Crippen LogP contribution in [0.3, 0.4) is 0 Å². The summed E-state index contributed by atoms with van der Waals surface area (Å²) in [5.41, 5.74) is -1.11. The molecule has 0 aromatic heterocycles. The predicted octanol–water partition coefficient (Wildman–Crippen LogP) is 3.29. The Bertz CT molecular complexity index is 564. The molecule has 9 heteroatoms. The van der Waals surface area contributed by atoms with Crippen molar-refractivity contribution >= 4 is 23.5 Å². The topological polar surface area (TPSA) is 133 Å². The molecule has 0 spiro atoms. The fourth-order valence-electron chi connectivity index (χ4n) is 2.29. The van der Waals surface area contributed by atoms with E-state index in [9.17, 15) is 29.4 Å². The van der Waals surface area contributed by atoms with Crippen molar-refractivity contribution in [1.82, 2.24) is 0 Å². The Morgan fingerprint density at radius 2 is 0.971 bits per heavy atom. The van der Waals surface area contributed by atoms with Crippen molar-refractivity contribution in [2.24, 2.45) is 22.7 Å². The number of hydrogen-bond donors (Lipinski definition) is 0. The molecule has 0 fully saturated rings. The van der Waals surface area contributed by atoms with E-state index in [0.29, 0.717) is 12.8 Å². The van der Waals surface area contributed by atoms with E-state index in [2.05, 4.69) is 13.8 Å². The number of carbonyl (C=O) groups excluding carboxylic acids is 4. The third kappa shape index (κ3) is 18.9. The second kappa shape index (κ2) is 21.2. The number of carboxylic acid groups (broad SMARTS) is 2. The Balaban J connectivity index is -0.000000439. The van der Waals surface area contributed by atoms with Gasteiger partial charge in [-0.05, 0) is 12.8 Å². The summed E-state index contributed by atoms with van der Waals surface area (Å²) in [6.45, 7) is 19.6. The molecule has 0 radical (unpaired) electrons. The van der Waals surface area contributed by atoms with Gasteiger partial charge in [0.2, 0.25) is 0 Å². The molecule has 0 aliphatic carbocycles. The van der Waals surface area contributed by atoms with Gasteiger partial charge in [0, 0.05) is 10.8 Å². The molecule has 0 saturated carbocycles. The summed E-state index contributed by atoms with van der Waals surface area (Å²) < 4.78 is 10.7. The molecule has 0 N–H and O–H groups in total. The SMILES string of the molecule is CCC(C)(C)C(=O)C(C)C(=O)[O-].CCC(C)(C)C(=O)C(C)C(=O)[O-].CCCC[O][Zr+2][O]CCCC. The summed E-state index contributed by atoms with van der Waals surface area (Å²) in [5.74, 6) is -5.10. The van der Waals surface area contributed by atoms with Crippen LogP contribution in [0.25, 0.3) is 0 Å². The Morgan fingerprint density at radius 3 is 1.17 bits per heavy atom. The van der Waals surface area contributed by atoms with Gasteiger partial charge in [-0.3, -0.25) is 9.59 Å². The van der Waals surface area contributed by atoms with Gasteiger partial charge in [-0.2, -0.15) is 0 Å². The molecule has 0 aliphatic rings. The predicted molar refractivity (Wildman–Crippen MR) is 128 cm³/mol. The van der Waals surface area contributed by atoms with Crippen molar-refractivity contribution in [2.45, 2.75) is 108 Å². The number of aliphatic carboxylic acids is 2. The summed E-state index contributed by atoms with van der Waals surface area (Å²) in [4.78, 5) is 43.6. The van der Waals surface area contributed by atoms with Crippen molar-refractivity contribution in [3.63, 3.8) is 0 Å². The molecule has 0 aromatic carbocycles. The van der Waals surface area contributed by atoms with Gasteiger partial charge in [0.05, 0.1) is 23.8 Å². The van der Waals surface area contributed by atoms with E-state index in [-0.39, 0.29) is 11.6 Å². The van der Waals surface area contributed by atoms with Gasteiger partial charge in [0.25, 0.3) is 0 Å². The van der Waals surface area contributed by atoms with Crippen molar-refractivity contribution in [2.75, 3.05) is 13.2 Å². The first-order valence-electron chi connectivity index (χ1n) is 12.6. The molecular formula is C26H48O8Zr. The van der Waals surface area contributed by atoms with Crippen LogP contribution in [0.5, 0.6) is 0 Å². The van der Waals surface area contributed by atoms with Crippen LogP contribution in [0.4, 0.5) is 0 Å². The Morgan fingerprint density at radius 1 is 0.686 bits per heavy atom. The summed E-state index contributed by atoms with van der Waals surface area (Å²) in [7, 11) is 0. The molecule has 0 amide bonds. The minimum atomic E-state index is -1.29. The molecule has 2 atom stereocenters. The van der Waals surface area contributed by atoms with Crippen LogP contribution in [-0.2, 0) is 48.9 Å². The van der Waals surface area contributed by atoms with Crippen molar-refractivity contribution in [3.8, 4) is 0 Å². The molecule has 0 heterocycles. The number of carbonyl (C=O) groups is 4.